The van der Waals surface area contributed by atoms with E-state index in [1.54, 1.807) is 12.1 Å². The van der Waals surface area contributed by atoms with Crippen LogP contribution >= 0.6 is 23.2 Å². The molecule has 0 spiro atoms. The predicted octanol–water partition coefficient (Wildman–Crippen LogP) is 3.95. The fourth-order valence-corrected chi connectivity index (χ4v) is 2.41. The van der Waals surface area contributed by atoms with Gasteiger partial charge in [0.15, 0.2) is 0 Å². The summed E-state index contributed by atoms with van der Waals surface area (Å²) in [6.07, 6.45) is 1.09. The molecule has 0 aliphatic carbocycles. The van der Waals surface area contributed by atoms with Crippen molar-refractivity contribution in [2.24, 2.45) is 0 Å². The summed E-state index contributed by atoms with van der Waals surface area (Å²) in [6, 6.07) is 9.29. The Morgan fingerprint density at radius 3 is 2.70 bits per heavy atom. The summed E-state index contributed by atoms with van der Waals surface area (Å²) >= 11 is 12.1. The fourth-order valence-electron chi connectivity index (χ4n) is 1.91. The van der Waals surface area contributed by atoms with Crippen molar-refractivity contribution in [2.45, 2.75) is 13.0 Å². The van der Waals surface area contributed by atoms with Gasteiger partial charge < -0.3 is 15.1 Å². The van der Waals surface area contributed by atoms with Crippen LogP contribution in [0.5, 0.6) is 0 Å². The molecule has 0 radical (unpaired) electrons. The molecule has 5 heteroatoms. The van der Waals surface area contributed by atoms with E-state index in [9.17, 15) is 0 Å². The van der Waals surface area contributed by atoms with Gasteiger partial charge in [0.25, 0.3) is 0 Å². The monoisotopic (exact) mass is 312 g/mol. The number of furan rings is 1. The van der Waals surface area contributed by atoms with E-state index in [0.29, 0.717) is 10.0 Å². The van der Waals surface area contributed by atoms with Crippen LogP contribution in [0.15, 0.2) is 34.7 Å². The molecular weight excluding hydrogens is 295 g/mol. The first-order chi connectivity index (χ1) is 9.70. The second-order valence-corrected chi connectivity index (χ2v) is 5.37. The Labute approximate surface area is 129 Å². The third-order valence-electron chi connectivity index (χ3n) is 2.94. The van der Waals surface area contributed by atoms with Crippen LogP contribution in [-0.4, -0.2) is 20.1 Å². The van der Waals surface area contributed by atoms with Crippen molar-refractivity contribution in [3.8, 4) is 11.3 Å². The van der Waals surface area contributed by atoms with E-state index in [0.717, 1.165) is 43.1 Å². The van der Waals surface area contributed by atoms with Gasteiger partial charge >= 0.3 is 0 Å². The summed E-state index contributed by atoms with van der Waals surface area (Å²) in [5, 5.41) is 7.67. The maximum absolute atomic E-state index is 6.17. The summed E-state index contributed by atoms with van der Waals surface area (Å²) in [5.41, 5.74) is 0.859. The summed E-state index contributed by atoms with van der Waals surface area (Å²) in [5.74, 6) is 1.66. The molecule has 0 aliphatic rings. The van der Waals surface area contributed by atoms with E-state index in [1.807, 2.05) is 25.2 Å². The Bertz CT molecular complexity index is 555. The first kappa shape index (κ1) is 15.4. The van der Waals surface area contributed by atoms with Crippen molar-refractivity contribution in [3.05, 3.63) is 46.1 Å². The lowest BCUT2D eigenvalue weighted by Crippen LogP contribution is -2.19. The zero-order valence-electron chi connectivity index (χ0n) is 11.4. The molecule has 1 aromatic carbocycles. The van der Waals surface area contributed by atoms with Gasteiger partial charge in [0.2, 0.25) is 0 Å². The minimum atomic E-state index is 0.598. The van der Waals surface area contributed by atoms with Crippen molar-refractivity contribution in [1.29, 1.82) is 0 Å². The van der Waals surface area contributed by atoms with E-state index in [4.69, 9.17) is 27.6 Å². The van der Waals surface area contributed by atoms with Crippen molar-refractivity contribution in [1.82, 2.24) is 10.6 Å². The first-order valence-corrected chi connectivity index (χ1v) is 7.36. The average molecular weight is 313 g/mol. The quantitative estimate of drug-likeness (QED) is 0.760. The van der Waals surface area contributed by atoms with Crippen LogP contribution in [0.2, 0.25) is 10.0 Å². The lowest BCUT2D eigenvalue weighted by atomic mass is 10.2. The minimum Gasteiger partial charge on any atom is -0.460 e. The maximum Gasteiger partial charge on any atom is 0.135 e. The van der Waals surface area contributed by atoms with Gasteiger partial charge in [-0.05, 0) is 56.9 Å². The van der Waals surface area contributed by atoms with E-state index >= 15 is 0 Å². The van der Waals surface area contributed by atoms with Crippen LogP contribution in [0.25, 0.3) is 11.3 Å². The highest BCUT2D eigenvalue weighted by Gasteiger charge is 2.08. The molecule has 0 aliphatic heterocycles. The number of benzene rings is 1. The van der Waals surface area contributed by atoms with Gasteiger partial charge in [0, 0.05) is 10.6 Å². The number of nitrogens with one attached hydrogen (secondary N) is 2. The van der Waals surface area contributed by atoms with Crippen LogP contribution in [0.4, 0.5) is 0 Å². The molecule has 20 heavy (non-hydrogen) atoms. The Kier molecular flexibility index (Phi) is 5.92. The van der Waals surface area contributed by atoms with Gasteiger partial charge in [0.1, 0.15) is 11.5 Å². The van der Waals surface area contributed by atoms with Gasteiger partial charge in [-0.1, -0.05) is 23.2 Å². The number of halogens is 2. The maximum atomic E-state index is 6.17. The molecule has 1 aromatic heterocycles. The summed E-state index contributed by atoms with van der Waals surface area (Å²) in [4.78, 5) is 0. The molecule has 2 aromatic rings. The Morgan fingerprint density at radius 1 is 1.10 bits per heavy atom. The lowest BCUT2D eigenvalue weighted by molar-refractivity contribution is 0.490. The van der Waals surface area contributed by atoms with Crippen molar-refractivity contribution in [2.75, 3.05) is 20.1 Å². The van der Waals surface area contributed by atoms with Crippen molar-refractivity contribution in [3.63, 3.8) is 0 Å². The zero-order chi connectivity index (χ0) is 14.4. The third-order valence-corrected chi connectivity index (χ3v) is 3.49. The number of rotatable bonds is 7. The second kappa shape index (κ2) is 7.70. The fraction of sp³-hybridized carbons (Fsp3) is 0.333. The van der Waals surface area contributed by atoms with E-state index in [-0.39, 0.29) is 0 Å². The van der Waals surface area contributed by atoms with E-state index in [1.165, 1.54) is 0 Å². The van der Waals surface area contributed by atoms with Crippen molar-refractivity contribution < 1.29 is 4.42 Å². The predicted molar refractivity (Wildman–Crippen MR) is 84.4 cm³/mol. The first-order valence-electron chi connectivity index (χ1n) is 6.60. The summed E-state index contributed by atoms with van der Waals surface area (Å²) in [7, 11) is 1.95. The Hall–Kier alpha value is -1.00. The highest BCUT2D eigenvalue weighted by molar-refractivity contribution is 6.36. The Morgan fingerprint density at radius 2 is 1.95 bits per heavy atom. The number of hydrogen-bond acceptors (Lipinski definition) is 3. The SMILES string of the molecule is CNCCCNCc1ccc(-c2ccc(Cl)cc2Cl)o1. The topological polar surface area (TPSA) is 37.2 Å². The molecule has 1 heterocycles. The van der Waals surface area contributed by atoms with Gasteiger partial charge in [-0.15, -0.1) is 0 Å². The lowest BCUT2D eigenvalue weighted by Gasteiger charge is -2.03. The molecule has 0 unspecified atom stereocenters. The van der Waals surface area contributed by atoms with Crippen LogP contribution in [-0.2, 0) is 6.54 Å². The van der Waals surface area contributed by atoms with E-state index in [2.05, 4.69) is 10.6 Å². The van der Waals surface area contributed by atoms with Crippen LogP contribution in [0.3, 0.4) is 0 Å². The van der Waals surface area contributed by atoms with Crippen molar-refractivity contribution >= 4 is 23.2 Å². The van der Waals surface area contributed by atoms with Crippen LogP contribution < -0.4 is 10.6 Å². The van der Waals surface area contributed by atoms with Gasteiger partial charge in [-0.3, -0.25) is 0 Å². The van der Waals surface area contributed by atoms with Crippen LogP contribution in [0.1, 0.15) is 12.2 Å². The Balaban J connectivity index is 1.95. The highest BCUT2D eigenvalue weighted by atomic mass is 35.5. The second-order valence-electron chi connectivity index (χ2n) is 4.52. The summed E-state index contributed by atoms with van der Waals surface area (Å²) in [6.45, 7) is 2.68. The number of hydrogen-bond donors (Lipinski definition) is 2. The molecular formula is C15H18Cl2N2O. The van der Waals surface area contributed by atoms with Crippen LogP contribution in [0, 0.1) is 0 Å². The van der Waals surface area contributed by atoms with E-state index < -0.39 is 0 Å². The molecule has 0 saturated heterocycles. The highest BCUT2D eigenvalue weighted by Crippen LogP contribution is 2.31. The molecule has 108 valence electrons. The molecule has 0 fully saturated rings. The third kappa shape index (κ3) is 4.25. The molecule has 2 rings (SSSR count). The molecule has 0 saturated carbocycles. The van der Waals surface area contributed by atoms with Gasteiger partial charge in [0.05, 0.1) is 11.6 Å². The standard InChI is InChI=1S/C15H18Cl2N2O/c1-18-7-2-8-19-10-12-4-6-15(20-12)13-5-3-11(16)9-14(13)17/h3-6,9,18-19H,2,7-8,10H2,1H3. The van der Waals surface area contributed by atoms with Gasteiger partial charge in [-0.2, -0.15) is 0 Å². The molecule has 3 nitrogen and oxygen atoms in total. The molecule has 0 bridgehead atoms. The average Bonchev–Trinajstić information content (AvgIpc) is 2.87. The van der Waals surface area contributed by atoms with Gasteiger partial charge in [-0.25, -0.2) is 0 Å². The normalized spacial score (nSPS) is 10.9. The molecule has 2 N–H and O–H groups in total. The zero-order valence-corrected chi connectivity index (χ0v) is 12.9. The minimum absolute atomic E-state index is 0.598. The smallest absolute Gasteiger partial charge is 0.135 e. The molecule has 0 amide bonds. The summed E-state index contributed by atoms with van der Waals surface area (Å²) < 4.78 is 5.79. The largest absolute Gasteiger partial charge is 0.460 e. The molecule has 0 atom stereocenters.